The summed E-state index contributed by atoms with van der Waals surface area (Å²) in [6, 6.07) is 26.3. The topological polar surface area (TPSA) is 57.3 Å². The molecule has 0 aliphatic heterocycles. The Bertz CT molecular complexity index is 1040. The smallest absolute Gasteiger partial charge is 0.118 e. The van der Waals surface area contributed by atoms with Gasteiger partial charge in [0, 0.05) is 36.1 Å². The van der Waals surface area contributed by atoms with Crippen LogP contribution in [-0.2, 0) is 0 Å². The van der Waals surface area contributed by atoms with Gasteiger partial charge in [0.05, 0.1) is 13.2 Å². The minimum atomic E-state index is -0.532. The van der Waals surface area contributed by atoms with E-state index < -0.39 is 6.10 Å². The number of H-pyrrole nitrogens is 1. The number of aromatic nitrogens is 1. The number of benzene rings is 3. The van der Waals surface area contributed by atoms with E-state index in [0.29, 0.717) is 6.54 Å². The van der Waals surface area contributed by atoms with Gasteiger partial charge in [0.25, 0.3) is 0 Å². The van der Waals surface area contributed by atoms with Crippen LogP contribution in [0.25, 0.3) is 10.9 Å². The van der Waals surface area contributed by atoms with Crippen LogP contribution in [-0.4, -0.2) is 30.3 Å². The minimum Gasteiger partial charge on any atom is -0.497 e. The zero-order chi connectivity index (χ0) is 20.1. The van der Waals surface area contributed by atoms with E-state index in [1.54, 1.807) is 7.11 Å². The second-order valence-electron chi connectivity index (χ2n) is 7.20. The first-order chi connectivity index (χ1) is 14.3. The van der Waals surface area contributed by atoms with Gasteiger partial charge in [-0.25, -0.2) is 0 Å². The molecule has 1 heterocycles. The van der Waals surface area contributed by atoms with Gasteiger partial charge in [0.15, 0.2) is 0 Å². The highest BCUT2D eigenvalue weighted by atomic mass is 16.5. The summed E-state index contributed by atoms with van der Waals surface area (Å²) in [5, 5.41) is 15.2. The lowest BCUT2D eigenvalue weighted by Gasteiger charge is -2.20. The molecule has 3 N–H and O–H groups in total. The van der Waals surface area contributed by atoms with Crippen molar-refractivity contribution in [2.75, 3.05) is 20.2 Å². The summed E-state index contributed by atoms with van der Waals surface area (Å²) in [5.41, 5.74) is 4.50. The molecule has 0 saturated heterocycles. The molecule has 0 radical (unpaired) electrons. The van der Waals surface area contributed by atoms with Gasteiger partial charge in [-0.3, -0.25) is 0 Å². The highest BCUT2D eigenvalue weighted by Crippen LogP contribution is 2.31. The van der Waals surface area contributed by atoms with Crippen molar-refractivity contribution >= 4 is 10.9 Å². The Balaban J connectivity index is 1.56. The van der Waals surface area contributed by atoms with Gasteiger partial charge in [-0.1, -0.05) is 60.7 Å². The third-order valence-electron chi connectivity index (χ3n) is 5.39. The molecule has 0 spiro atoms. The molecule has 4 rings (SSSR count). The number of para-hydroxylation sites is 1. The van der Waals surface area contributed by atoms with Gasteiger partial charge in [-0.15, -0.1) is 0 Å². The molecule has 3 aromatic carbocycles. The average Bonchev–Trinajstić information content (AvgIpc) is 3.21. The van der Waals surface area contributed by atoms with E-state index in [1.807, 2.05) is 48.5 Å². The Morgan fingerprint density at radius 3 is 2.34 bits per heavy atom. The van der Waals surface area contributed by atoms with Crippen molar-refractivity contribution in [1.82, 2.24) is 10.3 Å². The summed E-state index contributed by atoms with van der Waals surface area (Å²) in [7, 11) is 1.68. The Hall–Kier alpha value is -3.08. The third-order valence-corrected chi connectivity index (χ3v) is 5.39. The molecule has 0 bridgehead atoms. The summed E-state index contributed by atoms with van der Waals surface area (Å²) in [4.78, 5) is 3.38. The average molecular weight is 386 g/mol. The van der Waals surface area contributed by atoms with Crippen LogP contribution in [0.4, 0.5) is 0 Å². The van der Waals surface area contributed by atoms with Crippen molar-refractivity contribution in [2.45, 2.75) is 12.0 Å². The summed E-state index contributed by atoms with van der Waals surface area (Å²) >= 11 is 0. The van der Waals surface area contributed by atoms with Crippen molar-refractivity contribution in [1.29, 1.82) is 0 Å². The molecule has 0 aliphatic rings. The molecule has 4 heteroatoms. The molecule has 1 aromatic heterocycles. The van der Waals surface area contributed by atoms with Crippen LogP contribution in [0.3, 0.4) is 0 Å². The van der Waals surface area contributed by atoms with Crippen LogP contribution in [0, 0.1) is 0 Å². The Morgan fingerprint density at radius 2 is 1.59 bits per heavy atom. The number of ether oxygens (including phenoxy) is 1. The van der Waals surface area contributed by atoms with Crippen LogP contribution < -0.4 is 10.1 Å². The van der Waals surface area contributed by atoms with Gasteiger partial charge < -0.3 is 20.1 Å². The summed E-state index contributed by atoms with van der Waals surface area (Å²) in [5.74, 6) is 0.999. The molecule has 148 valence electrons. The predicted molar refractivity (Wildman–Crippen MR) is 117 cm³/mol. The summed E-state index contributed by atoms with van der Waals surface area (Å²) in [6.07, 6.45) is 1.56. The number of nitrogens with one attached hydrogen (secondary N) is 2. The third kappa shape index (κ3) is 4.34. The number of hydrogen-bond acceptors (Lipinski definition) is 3. The van der Waals surface area contributed by atoms with Crippen molar-refractivity contribution < 1.29 is 9.84 Å². The van der Waals surface area contributed by atoms with E-state index in [2.05, 4.69) is 46.8 Å². The fourth-order valence-corrected chi connectivity index (χ4v) is 3.78. The molecule has 0 amide bonds. The van der Waals surface area contributed by atoms with Crippen molar-refractivity contribution in [2.24, 2.45) is 0 Å². The van der Waals surface area contributed by atoms with E-state index in [-0.39, 0.29) is 5.92 Å². The van der Waals surface area contributed by atoms with Crippen LogP contribution in [0.5, 0.6) is 5.75 Å². The molecule has 0 saturated carbocycles. The van der Waals surface area contributed by atoms with Crippen LogP contribution in [0.2, 0.25) is 0 Å². The SMILES string of the molecule is COc1ccc([C@H](CNC[C@H](O)c2ccccc2)c2c[nH]c3ccccc23)cc1. The number of hydrogen-bond donors (Lipinski definition) is 3. The van der Waals surface area contributed by atoms with Crippen molar-refractivity contribution in [3.8, 4) is 5.75 Å². The van der Waals surface area contributed by atoms with E-state index in [4.69, 9.17) is 4.74 Å². The lowest BCUT2D eigenvalue weighted by atomic mass is 9.90. The highest BCUT2D eigenvalue weighted by Gasteiger charge is 2.19. The van der Waals surface area contributed by atoms with Crippen molar-refractivity contribution in [3.63, 3.8) is 0 Å². The lowest BCUT2D eigenvalue weighted by Crippen LogP contribution is -2.27. The molecule has 0 fully saturated rings. The standard InChI is InChI=1S/C25H26N2O2/c1-29-20-13-11-18(12-14-20)22(23-16-27-24-10-6-5-9-21(23)24)15-26-17-25(28)19-7-3-2-4-8-19/h2-14,16,22,25-28H,15,17H2,1H3/t22-,25-/m0/s1. The van der Waals surface area contributed by atoms with E-state index in [1.165, 1.54) is 16.5 Å². The zero-order valence-electron chi connectivity index (χ0n) is 16.5. The molecule has 4 nitrogen and oxygen atoms in total. The van der Waals surface area contributed by atoms with Gasteiger partial charge in [0.2, 0.25) is 0 Å². The Labute approximate surface area is 171 Å². The summed E-state index contributed by atoms with van der Waals surface area (Å²) in [6.45, 7) is 1.22. The number of rotatable bonds is 8. The Kier molecular flexibility index (Phi) is 5.94. The predicted octanol–water partition coefficient (Wildman–Crippen LogP) is 4.63. The first-order valence-corrected chi connectivity index (χ1v) is 9.90. The number of aromatic amines is 1. The molecular weight excluding hydrogens is 360 g/mol. The fourth-order valence-electron chi connectivity index (χ4n) is 3.78. The second-order valence-corrected chi connectivity index (χ2v) is 7.20. The molecule has 0 unspecified atom stereocenters. The molecule has 29 heavy (non-hydrogen) atoms. The molecule has 0 aliphatic carbocycles. The maximum atomic E-state index is 10.5. The van der Waals surface area contributed by atoms with E-state index in [0.717, 1.165) is 23.4 Å². The summed E-state index contributed by atoms with van der Waals surface area (Å²) < 4.78 is 5.32. The largest absolute Gasteiger partial charge is 0.497 e. The first kappa shape index (κ1) is 19.2. The van der Waals surface area contributed by atoms with Gasteiger partial charge in [0.1, 0.15) is 5.75 Å². The highest BCUT2D eigenvalue weighted by molar-refractivity contribution is 5.84. The fraction of sp³-hybridized carbons (Fsp3) is 0.200. The number of aliphatic hydroxyl groups excluding tert-OH is 1. The van der Waals surface area contributed by atoms with Gasteiger partial charge in [-0.05, 0) is 34.9 Å². The second kappa shape index (κ2) is 8.95. The lowest BCUT2D eigenvalue weighted by molar-refractivity contribution is 0.174. The Morgan fingerprint density at radius 1 is 0.862 bits per heavy atom. The van der Waals surface area contributed by atoms with Gasteiger partial charge >= 0.3 is 0 Å². The quantitative estimate of drug-likeness (QED) is 0.414. The monoisotopic (exact) mass is 386 g/mol. The van der Waals surface area contributed by atoms with Crippen LogP contribution in [0.1, 0.15) is 28.7 Å². The number of aliphatic hydroxyl groups is 1. The van der Waals surface area contributed by atoms with Crippen LogP contribution >= 0.6 is 0 Å². The van der Waals surface area contributed by atoms with Crippen molar-refractivity contribution in [3.05, 3.63) is 102 Å². The molecular formula is C25H26N2O2. The van der Waals surface area contributed by atoms with Gasteiger partial charge in [-0.2, -0.15) is 0 Å². The first-order valence-electron chi connectivity index (χ1n) is 9.90. The normalized spacial score (nSPS) is 13.3. The van der Waals surface area contributed by atoms with E-state index >= 15 is 0 Å². The minimum absolute atomic E-state index is 0.153. The van der Waals surface area contributed by atoms with E-state index in [9.17, 15) is 5.11 Å². The number of methoxy groups -OCH3 is 1. The number of fused-ring (bicyclic) bond motifs is 1. The molecule has 4 aromatic rings. The maximum absolute atomic E-state index is 10.5. The van der Waals surface area contributed by atoms with Crippen LogP contribution in [0.15, 0.2) is 85.1 Å². The molecule has 2 atom stereocenters. The maximum Gasteiger partial charge on any atom is 0.118 e. The zero-order valence-corrected chi connectivity index (χ0v) is 16.5.